The van der Waals surface area contributed by atoms with Gasteiger partial charge in [-0.1, -0.05) is 12.1 Å². The largest absolute Gasteiger partial charge is 0.491 e. The zero-order valence-electron chi connectivity index (χ0n) is 16.9. The molecule has 1 heterocycles. The lowest BCUT2D eigenvalue weighted by Gasteiger charge is -2.39. The summed E-state index contributed by atoms with van der Waals surface area (Å²) in [4.78, 5) is 6.76. The number of guanidine groups is 1. The molecule has 1 saturated heterocycles. The summed E-state index contributed by atoms with van der Waals surface area (Å²) in [6.45, 7) is 11.7. The highest BCUT2D eigenvalue weighted by atomic mass is 127. The lowest BCUT2D eigenvalue weighted by atomic mass is 10.2. The molecule has 0 bridgehead atoms. The molecule has 1 fully saturated rings. The van der Waals surface area contributed by atoms with Crippen molar-refractivity contribution >= 4 is 39.8 Å². The van der Waals surface area contributed by atoms with Crippen LogP contribution < -0.4 is 10.1 Å². The second kappa shape index (κ2) is 9.95. The minimum absolute atomic E-state index is 0. The fraction of sp³-hybridized carbons (Fsp3) is 0.632. The maximum atomic E-state index is 12.2. The van der Waals surface area contributed by atoms with Crippen molar-refractivity contribution in [3.63, 3.8) is 0 Å². The summed E-state index contributed by atoms with van der Waals surface area (Å²) < 4.78 is 29.4. The molecule has 0 aliphatic carbocycles. The molecule has 1 aliphatic rings. The molecule has 1 aromatic rings. The van der Waals surface area contributed by atoms with Gasteiger partial charge in [-0.15, -0.1) is 24.0 Å². The van der Waals surface area contributed by atoms with E-state index < -0.39 is 14.6 Å². The molecule has 0 unspecified atom stereocenters. The molecule has 0 saturated carbocycles. The van der Waals surface area contributed by atoms with Gasteiger partial charge in [0.05, 0.1) is 23.1 Å². The second-order valence-corrected chi connectivity index (χ2v) is 10.2. The zero-order chi connectivity index (χ0) is 19.4. The van der Waals surface area contributed by atoms with E-state index in [4.69, 9.17) is 9.73 Å². The van der Waals surface area contributed by atoms with Crippen molar-refractivity contribution in [1.82, 2.24) is 10.2 Å². The van der Waals surface area contributed by atoms with Crippen molar-refractivity contribution in [3.8, 4) is 5.75 Å². The Hall–Kier alpha value is -1.03. The Balaban J connectivity index is 0.00000364. The maximum absolute atomic E-state index is 12.2. The maximum Gasteiger partial charge on any atom is 0.194 e. The second-order valence-electron chi connectivity index (χ2n) is 7.48. The van der Waals surface area contributed by atoms with Gasteiger partial charge < -0.3 is 15.0 Å². The van der Waals surface area contributed by atoms with Crippen molar-refractivity contribution in [2.24, 2.45) is 4.99 Å². The van der Waals surface area contributed by atoms with Crippen molar-refractivity contribution < 1.29 is 13.2 Å². The van der Waals surface area contributed by atoms with Crippen LogP contribution in [0.15, 0.2) is 29.3 Å². The molecule has 0 radical (unpaired) electrons. The minimum atomic E-state index is -3.07. The van der Waals surface area contributed by atoms with Gasteiger partial charge in [0.15, 0.2) is 15.8 Å². The Kier molecular flexibility index (Phi) is 8.85. The molecule has 8 heteroatoms. The third-order valence-corrected chi connectivity index (χ3v) is 6.89. The molecular formula is C19H32IN3O3S. The van der Waals surface area contributed by atoms with Gasteiger partial charge in [-0.3, -0.25) is 0 Å². The fourth-order valence-electron chi connectivity index (χ4n) is 2.91. The van der Waals surface area contributed by atoms with Gasteiger partial charge in [-0.2, -0.15) is 0 Å². The van der Waals surface area contributed by atoms with Crippen molar-refractivity contribution in [2.75, 3.05) is 25.4 Å². The SMILES string of the molecule is CCNC(=NCc1cccc(OC(C)C)c1)N1CCS(=O)(=O)C(C)(C)C1.I. The van der Waals surface area contributed by atoms with Crippen LogP contribution in [-0.2, 0) is 16.4 Å². The predicted molar refractivity (Wildman–Crippen MR) is 122 cm³/mol. The van der Waals surface area contributed by atoms with Crippen LogP contribution in [0, 0.1) is 0 Å². The molecule has 0 amide bonds. The van der Waals surface area contributed by atoms with Crippen LogP contribution in [0.4, 0.5) is 0 Å². The Morgan fingerprint density at radius 3 is 2.67 bits per heavy atom. The van der Waals surface area contributed by atoms with Gasteiger partial charge in [0, 0.05) is 19.6 Å². The van der Waals surface area contributed by atoms with E-state index >= 15 is 0 Å². The van der Waals surface area contributed by atoms with Gasteiger partial charge in [0.25, 0.3) is 0 Å². The monoisotopic (exact) mass is 509 g/mol. The van der Waals surface area contributed by atoms with E-state index in [0.29, 0.717) is 19.6 Å². The Morgan fingerprint density at radius 1 is 1.37 bits per heavy atom. The van der Waals surface area contributed by atoms with E-state index in [0.717, 1.165) is 23.8 Å². The average Bonchev–Trinajstić information content (AvgIpc) is 2.54. The third-order valence-electron chi connectivity index (χ3n) is 4.36. The number of ether oxygens (including phenoxy) is 1. The molecule has 2 rings (SSSR count). The Morgan fingerprint density at radius 2 is 2.07 bits per heavy atom. The Labute approximate surface area is 180 Å². The Bertz CT molecular complexity index is 748. The molecule has 1 aliphatic heterocycles. The molecule has 27 heavy (non-hydrogen) atoms. The first-order valence-electron chi connectivity index (χ1n) is 9.16. The summed E-state index contributed by atoms with van der Waals surface area (Å²) in [5.41, 5.74) is 1.06. The van der Waals surface area contributed by atoms with Crippen LogP contribution in [-0.4, -0.2) is 55.5 Å². The van der Waals surface area contributed by atoms with Gasteiger partial charge in [0.2, 0.25) is 0 Å². The summed E-state index contributed by atoms with van der Waals surface area (Å²) in [5, 5.41) is 3.28. The summed E-state index contributed by atoms with van der Waals surface area (Å²) in [6.07, 6.45) is 0.128. The fourth-order valence-corrected chi connectivity index (χ4v) is 4.27. The van der Waals surface area contributed by atoms with E-state index in [-0.39, 0.29) is 35.8 Å². The summed E-state index contributed by atoms with van der Waals surface area (Å²) >= 11 is 0. The van der Waals surface area contributed by atoms with Crippen molar-refractivity contribution in [3.05, 3.63) is 29.8 Å². The van der Waals surface area contributed by atoms with Crippen LogP contribution in [0.5, 0.6) is 5.75 Å². The number of aliphatic imine (C=N–C) groups is 1. The highest BCUT2D eigenvalue weighted by Crippen LogP contribution is 2.24. The number of nitrogens with one attached hydrogen (secondary N) is 1. The number of hydrogen-bond acceptors (Lipinski definition) is 4. The van der Waals surface area contributed by atoms with Gasteiger partial charge >= 0.3 is 0 Å². The number of hydrogen-bond donors (Lipinski definition) is 1. The van der Waals surface area contributed by atoms with Crippen LogP contribution in [0.25, 0.3) is 0 Å². The third kappa shape index (κ3) is 6.51. The lowest BCUT2D eigenvalue weighted by molar-refractivity contribution is 0.242. The van der Waals surface area contributed by atoms with Crippen molar-refractivity contribution in [1.29, 1.82) is 0 Å². The first-order valence-corrected chi connectivity index (χ1v) is 10.8. The van der Waals surface area contributed by atoms with Crippen molar-refractivity contribution in [2.45, 2.75) is 52.0 Å². The standard InChI is InChI=1S/C19H31N3O3S.HI/c1-6-20-18(22-10-11-26(23,24)19(4,5)14-22)21-13-16-8-7-9-17(12-16)25-15(2)3;/h7-9,12,15H,6,10-11,13-14H2,1-5H3,(H,20,21);1H. The van der Waals surface area contributed by atoms with E-state index in [1.807, 2.05) is 49.9 Å². The first kappa shape index (κ1) is 24.0. The normalized spacial score (nSPS) is 18.7. The molecule has 6 nitrogen and oxygen atoms in total. The highest BCUT2D eigenvalue weighted by Gasteiger charge is 2.40. The molecule has 0 spiro atoms. The minimum Gasteiger partial charge on any atom is -0.491 e. The average molecular weight is 509 g/mol. The van der Waals surface area contributed by atoms with E-state index in [1.54, 1.807) is 13.8 Å². The van der Waals surface area contributed by atoms with E-state index in [9.17, 15) is 8.42 Å². The molecule has 1 aromatic carbocycles. The molecule has 154 valence electrons. The smallest absolute Gasteiger partial charge is 0.194 e. The van der Waals surface area contributed by atoms with Gasteiger partial charge in [0.1, 0.15) is 5.75 Å². The van der Waals surface area contributed by atoms with Crippen LogP contribution in [0.2, 0.25) is 0 Å². The van der Waals surface area contributed by atoms with Crippen LogP contribution in [0.3, 0.4) is 0 Å². The number of sulfone groups is 1. The van der Waals surface area contributed by atoms with E-state index in [2.05, 4.69) is 5.32 Å². The number of nitrogens with zero attached hydrogens (tertiary/aromatic N) is 2. The number of benzene rings is 1. The number of rotatable bonds is 5. The first-order chi connectivity index (χ1) is 12.1. The topological polar surface area (TPSA) is 71.0 Å². The zero-order valence-corrected chi connectivity index (χ0v) is 20.0. The molecular weight excluding hydrogens is 477 g/mol. The molecule has 0 aromatic heterocycles. The summed E-state index contributed by atoms with van der Waals surface area (Å²) in [5.74, 6) is 1.75. The molecule has 0 atom stereocenters. The lowest BCUT2D eigenvalue weighted by Crippen LogP contribution is -2.57. The predicted octanol–water partition coefficient (Wildman–Crippen LogP) is 3.07. The number of halogens is 1. The van der Waals surface area contributed by atoms with Gasteiger partial charge in [-0.25, -0.2) is 13.4 Å². The molecule has 1 N–H and O–H groups in total. The van der Waals surface area contributed by atoms with Crippen LogP contribution >= 0.6 is 24.0 Å². The van der Waals surface area contributed by atoms with Crippen LogP contribution in [0.1, 0.15) is 40.2 Å². The highest BCUT2D eigenvalue weighted by molar-refractivity contribution is 14.0. The quantitative estimate of drug-likeness (QED) is 0.376. The van der Waals surface area contributed by atoms with Gasteiger partial charge in [-0.05, 0) is 52.3 Å². The summed E-state index contributed by atoms with van der Waals surface area (Å²) in [6, 6.07) is 7.92. The van der Waals surface area contributed by atoms with E-state index in [1.165, 1.54) is 0 Å². The summed E-state index contributed by atoms with van der Waals surface area (Å²) in [7, 11) is -3.07.